The van der Waals surface area contributed by atoms with Gasteiger partial charge in [-0.05, 0) is 54.6 Å². The van der Waals surface area contributed by atoms with Crippen LogP contribution in [0.2, 0.25) is 0 Å². The molecule has 3 nitrogen and oxygen atoms in total. The molecule has 122 valence electrons. The topological polar surface area (TPSA) is 35.5 Å². The molecule has 0 amide bonds. The van der Waals surface area contributed by atoms with Crippen molar-refractivity contribution >= 4 is 32.7 Å². The lowest BCUT2D eigenvalue weighted by Gasteiger charge is -2.10. The Labute approximate surface area is 149 Å². The Hall–Kier alpha value is -2.33. The Morgan fingerprint density at radius 3 is 2.33 bits per heavy atom. The summed E-state index contributed by atoms with van der Waals surface area (Å²) in [6.45, 7) is 3.85. The van der Waals surface area contributed by atoms with Crippen LogP contribution in [0.3, 0.4) is 0 Å². The van der Waals surface area contributed by atoms with Crippen LogP contribution in [0.1, 0.15) is 11.1 Å². The summed E-state index contributed by atoms with van der Waals surface area (Å²) in [5.41, 5.74) is 2.19. The van der Waals surface area contributed by atoms with E-state index in [1.807, 2.05) is 56.3 Å². The molecule has 0 spiro atoms. The van der Waals surface area contributed by atoms with Crippen LogP contribution in [-0.4, -0.2) is 12.6 Å². The van der Waals surface area contributed by atoms with Gasteiger partial charge in [-0.2, -0.15) is 0 Å². The Kier molecular flexibility index (Phi) is 4.86. The highest BCUT2D eigenvalue weighted by Crippen LogP contribution is 2.31. The summed E-state index contributed by atoms with van der Waals surface area (Å²) < 4.78 is 12.0. The van der Waals surface area contributed by atoms with Crippen LogP contribution in [0.5, 0.6) is 11.5 Å². The van der Waals surface area contributed by atoms with Crippen molar-refractivity contribution in [2.24, 2.45) is 0 Å². The third kappa shape index (κ3) is 3.77. The third-order valence-electron chi connectivity index (χ3n) is 3.61. The quantitative estimate of drug-likeness (QED) is 0.457. The fourth-order valence-electron chi connectivity index (χ4n) is 2.63. The predicted octanol–water partition coefficient (Wildman–Crippen LogP) is 5.20. The molecule has 3 rings (SSSR count). The predicted molar refractivity (Wildman–Crippen MR) is 98.7 cm³/mol. The summed E-state index contributed by atoms with van der Waals surface area (Å²) in [7, 11) is 0. The van der Waals surface area contributed by atoms with Gasteiger partial charge in [0, 0.05) is 9.86 Å². The number of rotatable bonds is 4. The lowest BCUT2D eigenvalue weighted by Crippen LogP contribution is -2.18. The van der Waals surface area contributed by atoms with Gasteiger partial charge in [0.1, 0.15) is 11.5 Å². The van der Waals surface area contributed by atoms with Gasteiger partial charge in [-0.1, -0.05) is 46.3 Å². The van der Waals surface area contributed by atoms with Gasteiger partial charge in [-0.25, -0.2) is 4.79 Å². The Bertz CT molecular complexity index is 882. The zero-order chi connectivity index (χ0) is 17.1. The van der Waals surface area contributed by atoms with Gasteiger partial charge < -0.3 is 9.47 Å². The second-order valence-electron chi connectivity index (χ2n) is 5.68. The molecular weight excluding hydrogens is 368 g/mol. The fraction of sp³-hybridized carbons (Fsp3) is 0.150. The number of fused-ring (bicyclic) bond motifs is 1. The van der Waals surface area contributed by atoms with E-state index in [0.29, 0.717) is 11.5 Å². The highest BCUT2D eigenvalue weighted by atomic mass is 79.9. The maximum Gasteiger partial charge on any atom is 0.349 e. The van der Waals surface area contributed by atoms with Gasteiger partial charge in [0.05, 0.1) is 0 Å². The first kappa shape index (κ1) is 16.5. The maximum absolute atomic E-state index is 12.1. The van der Waals surface area contributed by atoms with Crippen LogP contribution in [0.15, 0.2) is 59.1 Å². The van der Waals surface area contributed by atoms with Crippen molar-refractivity contribution in [3.8, 4) is 11.5 Å². The number of carbonyl (C=O) groups excluding carboxylic acids is 1. The number of hydrogen-bond donors (Lipinski definition) is 0. The van der Waals surface area contributed by atoms with Crippen molar-refractivity contribution in [3.63, 3.8) is 0 Å². The monoisotopic (exact) mass is 384 g/mol. The lowest BCUT2D eigenvalue weighted by atomic mass is 10.1. The lowest BCUT2D eigenvalue weighted by molar-refractivity contribution is -0.136. The smallest absolute Gasteiger partial charge is 0.349 e. The molecule has 0 aliphatic carbocycles. The number of hydrogen-bond acceptors (Lipinski definition) is 3. The van der Waals surface area contributed by atoms with Crippen molar-refractivity contribution in [2.45, 2.75) is 13.8 Å². The van der Waals surface area contributed by atoms with Crippen LogP contribution < -0.4 is 9.47 Å². The molecular formula is C20H17BrO3. The molecule has 4 heteroatoms. The van der Waals surface area contributed by atoms with Gasteiger partial charge in [-0.3, -0.25) is 0 Å². The number of ether oxygens (including phenoxy) is 2. The normalized spacial score (nSPS) is 10.6. The van der Waals surface area contributed by atoms with E-state index in [2.05, 4.69) is 22.0 Å². The highest BCUT2D eigenvalue weighted by molar-refractivity contribution is 9.10. The first-order valence-corrected chi connectivity index (χ1v) is 8.41. The van der Waals surface area contributed by atoms with Crippen LogP contribution in [0, 0.1) is 13.8 Å². The van der Waals surface area contributed by atoms with Gasteiger partial charge in [0.25, 0.3) is 0 Å². The van der Waals surface area contributed by atoms with E-state index in [-0.39, 0.29) is 6.61 Å². The maximum atomic E-state index is 12.1. The van der Waals surface area contributed by atoms with Crippen LogP contribution in [0.25, 0.3) is 10.8 Å². The van der Waals surface area contributed by atoms with Crippen molar-refractivity contribution in [1.82, 2.24) is 0 Å². The van der Waals surface area contributed by atoms with Crippen molar-refractivity contribution in [1.29, 1.82) is 0 Å². The van der Waals surface area contributed by atoms with E-state index >= 15 is 0 Å². The summed E-state index contributed by atoms with van der Waals surface area (Å²) in [6, 6.07) is 17.3. The molecule has 0 bridgehead atoms. The summed E-state index contributed by atoms with van der Waals surface area (Å²) in [4.78, 5) is 12.1. The highest BCUT2D eigenvalue weighted by Gasteiger charge is 2.11. The molecule has 24 heavy (non-hydrogen) atoms. The minimum Gasteiger partial charge on any atom is -0.482 e. The molecule has 0 N–H and O–H groups in total. The minimum absolute atomic E-state index is 0.132. The second-order valence-corrected chi connectivity index (χ2v) is 6.53. The molecule has 3 aromatic rings. The first-order valence-electron chi connectivity index (χ1n) is 7.62. The summed E-state index contributed by atoms with van der Waals surface area (Å²) in [5.74, 6) is 0.773. The SMILES string of the molecule is Cc1cc(C)cc(OCC(=O)Oc2ccc(Br)c3ccccc23)c1. The number of halogens is 1. The molecule has 0 fully saturated rings. The van der Waals surface area contributed by atoms with Crippen molar-refractivity contribution < 1.29 is 14.3 Å². The molecule has 3 aromatic carbocycles. The van der Waals surface area contributed by atoms with Crippen LogP contribution in [-0.2, 0) is 4.79 Å². The number of aryl methyl sites for hydroxylation is 2. The van der Waals surface area contributed by atoms with E-state index in [4.69, 9.17) is 9.47 Å². The second kappa shape index (κ2) is 7.05. The first-order chi connectivity index (χ1) is 11.5. The molecule has 0 aliphatic rings. The van der Waals surface area contributed by atoms with Gasteiger partial charge in [0.15, 0.2) is 6.61 Å². The third-order valence-corrected chi connectivity index (χ3v) is 4.30. The zero-order valence-electron chi connectivity index (χ0n) is 13.5. The standard InChI is InChI=1S/C20H17BrO3/c1-13-9-14(2)11-15(10-13)23-12-20(22)24-19-8-7-18(21)16-5-3-4-6-17(16)19/h3-11H,12H2,1-2H3. The van der Waals surface area contributed by atoms with E-state index in [0.717, 1.165) is 26.4 Å². The largest absolute Gasteiger partial charge is 0.482 e. The average molecular weight is 385 g/mol. The Balaban J connectivity index is 1.72. The summed E-state index contributed by atoms with van der Waals surface area (Å²) >= 11 is 3.51. The minimum atomic E-state index is -0.429. The molecule has 0 heterocycles. The summed E-state index contributed by atoms with van der Waals surface area (Å²) in [5, 5.41) is 1.88. The zero-order valence-corrected chi connectivity index (χ0v) is 15.1. The molecule has 0 unspecified atom stereocenters. The van der Waals surface area contributed by atoms with Crippen molar-refractivity contribution in [3.05, 3.63) is 70.2 Å². The van der Waals surface area contributed by atoms with Gasteiger partial charge >= 0.3 is 5.97 Å². The number of benzene rings is 3. The van der Waals surface area contributed by atoms with Gasteiger partial charge in [-0.15, -0.1) is 0 Å². The molecule has 0 radical (unpaired) electrons. The number of esters is 1. The van der Waals surface area contributed by atoms with E-state index in [9.17, 15) is 4.79 Å². The molecule has 0 saturated heterocycles. The van der Waals surface area contributed by atoms with E-state index < -0.39 is 5.97 Å². The molecule has 0 aromatic heterocycles. The number of carbonyl (C=O) groups is 1. The van der Waals surface area contributed by atoms with Crippen molar-refractivity contribution in [2.75, 3.05) is 6.61 Å². The molecule has 0 aliphatic heterocycles. The fourth-order valence-corrected chi connectivity index (χ4v) is 3.11. The van der Waals surface area contributed by atoms with E-state index in [1.165, 1.54) is 0 Å². The molecule has 0 atom stereocenters. The van der Waals surface area contributed by atoms with Crippen LogP contribution in [0.4, 0.5) is 0 Å². The Morgan fingerprint density at radius 1 is 0.958 bits per heavy atom. The summed E-state index contributed by atoms with van der Waals surface area (Å²) in [6.07, 6.45) is 0. The molecule has 0 saturated carbocycles. The van der Waals surface area contributed by atoms with Crippen LogP contribution >= 0.6 is 15.9 Å². The average Bonchev–Trinajstić information content (AvgIpc) is 2.55. The van der Waals surface area contributed by atoms with Gasteiger partial charge in [0.2, 0.25) is 0 Å². The van der Waals surface area contributed by atoms with E-state index in [1.54, 1.807) is 6.07 Å². The Morgan fingerprint density at radius 2 is 1.62 bits per heavy atom.